The van der Waals surface area contributed by atoms with Gasteiger partial charge in [-0.3, -0.25) is 0 Å². The lowest BCUT2D eigenvalue weighted by molar-refractivity contribution is 0.0587. The van der Waals surface area contributed by atoms with Crippen LogP contribution in [-0.4, -0.2) is 50.2 Å². The van der Waals surface area contributed by atoms with Crippen molar-refractivity contribution in [2.75, 3.05) is 39.2 Å². The fourth-order valence-corrected chi connectivity index (χ4v) is 1.15. The van der Waals surface area contributed by atoms with Crippen LogP contribution in [0.5, 0.6) is 0 Å². The lowest BCUT2D eigenvalue weighted by Gasteiger charge is -2.17. The molecular formula is C10H16N4O2. The smallest absolute Gasteiger partial charge is 0.376 e. The van der Waals surface area contributed by atoms with E-state index in [1.807, 2.05) is 19.0 Å². The maximum absolute atomic E-state index is 11.2. The highest BCUT2D eigenvalue weighted by atomic mass is 16.5. The quantitative estimate of drug-likeness (QED) is 0.705. The first-order valence-electron chi connectivity index (χ1n) is 4.96. The number of hydrogen-bond acceptors (Lipinski definition) is 6. The Morgan fingerprint density at radius 2 is 2.38 bits per heavy atom. The van der Waals surface area contributed by atoms with Crippen molar-refractivity contribution >= 4 is 11.8 Å². The van der Waals surface area contributed by atoms with Gasteiger partial charge in [0, 0.05) is 26.3 Å². The zero-order valence-corrected chi connectivity index (χ0v) is 9.73. The number of likely N-dealkylation sites (N-methyl/N-ethyl adjacent to an activating group) is 2. The summed E-state index contributed by atoms with van der Waals surface area (Å²) in [5, 5.41) is 3.04. The number of carbonyl (C=O) groups excluding carboxylic acids is 1. The summed E-state index contributed by atoms with van der Waals surface area (Å²) >= 11 is 0. The molecule has 1 rings (SSSR count). The van der Waals surface area contributed by atoms with Crippen LogP contribution >= 0.6 is 0 Å². The average Bonchev–Trinajstić information content (AvgIpc) is 2.35. The third kappa shape index (κ3) is 3.16. The summed E-state index contributed by atoms with van der Waals surface area (Å²) < 4.78 is 4.56. The van der Waals surface area contributed by atoms with E-state index < -0.39 is 5.97 Å². The molecule has 0 saturated heterocycles. The monoisotopic (exact) mass is 224 g/mol. The number of anilines is 1. The number of ether oxygens (including phenoxy) is 1. The van der Waals surface area contributed by atoms with E-state index in [0.717, 1.165) is 13.1 Å². The minimum absolute atomic E-state index is 0.0799. The van der Waals surface area contributed by atoms with E-state index in [0.29, 0.717) is 5.82 Å². The molecule has 0 fully saturated rings. The van der Waals surface area contributed by atoms with Gasteiger partial charge in [0.25, 0.3) is 0 Å². The molecule has 0 aliphatic rings. The second kappa shape index (κ2) is 6.02. The lowest BCUT2D eigenvalue weighted by atomic mass is 10.4. The molecule has 6 nitrogen and oxygen atoms in total. The second-order valence-corrected chi connectivity index (χ2v) is 3.26. The molecule has 1 heterocycles. The van der Waals surface area contributed by atoms with Gasteiger partial charge in [-0.05, 0) is 13.1 Å². The number of rotatable bonds is 5. The molecule has 0 aromatic carbocycles. The largest absolute Gasteiger partial charge is 0.463 e. The van der Waals surface area contributed by atoms with Gasteiger partial charge in [0.2, 0.25) is 5.82 Å². The molecule has 0 atom stereocenters. The molecule has 0 aliphatic heterocycles. The summed E-state index contributed by atoms with van der Waals surface area (Å²) in [6.45, 7) is 1.64. The Bertz CT molecular complexity index is 356. The first kappa shape index (κ1) is 12.4. The Morgan fingerprint density at radius 1 is 1.62 bits per heavy atom. The van der Waals surface area contributed by atoms with Crippen LogP contribution in [0.25, 0.3) is 0 Å². The van der Waals surface area contributed by atoms with Gasteiger partial charge in [-0.1, -0.05) is 0 Å². The Balaban J connectivity index is 2.77. The van der Waals surface area contributed by atoms with E-state index in [2.05, 4.69) is 20.0 Å². The summed E-state index contributed by atoms with van der Waals surface area (Å²) in [6.07, 6.45) is 1.55. The fraction of sp³-hybridized carbons (Fsp3) is 0.500. The van der Waals surface area contributed by atoms with Gasteiger partial charge in [-0.25, -0.2) is 14.8 Å². The highest BCUT2D eigenvalue weighted by molar-refractivity contribution is 5.85. The summed E-state index contributed by atoms with van der Waals surface area (Å²) in [5.41, 5.74) is 0. The van der Waals surface area contributed by atoms with Crippen molar-refractivity contribution in [1.82, 2.24) is 15.3 Å². The Kier molecular flexibility index (Phi) is 4.65. The van der Waals surface area contributed by atoms with Gasteiger partial charge in [-0.2, -0.15) is 0 Å². The predicted octanol–water partition coefficient (Wildman–Crippen LogP) is -0.0812. The van der Waals surface area contributed by atoms with Crippen molar-refractivity contribution in [3.05, 3.63) is 18.1 Å². The van der Waals surface area contributed by atoms with Crippen molar-refractivity contribution < 1.29 is 9.53 Å². The van der Waals surface area contributed by atoms with Crippen LogP contribution in [-0.2, 0) is 4.74 Å². The van der Waals surface area contributed by atoms with Gasteiger partial charge in [0.15, 0.2) is 0 Å². The predicted molar refractivity (Wildman–Crippen MR) is 60.6 cm³/mol. The third-order valence-electron chi connectivity index (χ3n) is 2.10. The van der Waals surface area contributed by atoms with Crippen molar-refractivity contribution in [2.45, 2.75) is 0 Å². The molecule has 1 aromatic heterocycles. The summed E-state index contributed by atoms with van der Waals surface area (Å²) in [7, 11) is 5.09. The van der Waals surface area contributed by atoms with E-state index in [1.165, 1.54) is 7.11 Å². The number of carbonyl (C=O) groups is 1. The third-order valence-corrected chi connectivity index (χ3v) is 2.10. The minimum Gasteiger partial charge on any atom is -0.463 e. The molecule has 1 aromatic rings. The Morgan fingerprint density at radius 3 is 3.00 bits per heavy atom. The first-order chi connectivity index (χ1) is 7.69. The van der Waals surface area contributed by atoms with Crippen molar-refractivity contribution in [3.8, 4) is 0 Å². The maximum Gasteiger partial charge on any atom is 0.376 e. The molecule has 0 bridgehead atoms. The molecule has 6 heteroatoms. The van der Waals surface area contributed by atoms with E-state index in [-0.39, 0.29) is 5.82 Å². The summed E-state index contributed by atoms with van der Waals surface area (Å²) in [6, 6.07) is 1.75. The topological polar surface area (TPSA) is 67.4 Å². The van der Waals surface area contributed by atoms with Crippen LogP contribution < -0.4 is 10.2 Å². The van der Waals surface area contributed by atoms with Crippen LogP contribution in [0, 0.1) is 0 Å². The number of nitrogens with one attached hydrogen (secondary N) is 1. The van der Waals surface area contributed by atoms with Gasteiger partial charge in [0.1, 0.15) is 5.82 Å². The second-order valence-electron chi connectivity index (χ2n) is 3.26. The molecule has 1 N–H and O–H groups in total. The maximum atomic E-state index is 11.2. The van der Waals surface area contributed by atoms with E-state index in [9.17, 15) is 4.79 Å². The van der Waals surface area contributed by atoms with Crippen LogP contribution in [0.2, 0.25) is 0 Å². The van der Waals surface area contributed by atoms with Crippen LogP contribution in [0.4, 0.5) is 5.82 Å². The van der Waals surface area contributed by atoms with Crippen LogP contribution in [0.3, 0.4) is 0 Å². The van der Waals surface area contributed by atoms with Gasteiger partial charge in [0.05, 0.1) is 7.11 Å². The van der Waals surface area contributed by atoms with Crippen LogP contribution in [0.15, 0.2) is 12.3 Å². The van der Waals surface area contributed by atoms with E-state index in [1.54, 1.807) is 12.3 Å². The molecule has 0 amide bonds. The Labute approximate surface area is 94.6 Å². The zero-order chi connectivity index (χ0) is 12.0. The standard InChI is InChI=1S/C10H16N4O2/c1-11-6-7-14(2)8-4-5-12-9(13-8)10(15)16-3/h4-5,11H,6-7H2,1-3H3. The minimum atomic E-state index is -0.524. The highest BCUT2D eigenvalue weighted by Gasteiger charge is 2.11. The van der Waals surface area contributed by atoms with Crippen molar-refractivity contribution in [2.24, 2.45) is 0 Å². The van der Waals surface area contributed by atoms with Gasteiger partial charge < -0.3 is 15.0 Å². The van der Waals surface area contributed by atoms with E-state index in [4.69, 9.17) is 0 Å². The number of esters is 1. The average molecular weight is 224 g/mol. The number of methoxy groups -OCH3 is 1. The number of nitrogens with zero attached hydrogens (tertiary/aromatic N) is 3. The lowest BCUT2D eigenvalue weighted by Crippen LogP contribution is -2.28. The highest BCUT2D eigenvalue weighted by Crippen LogP contribution is 2.07. The number of hydrogen-bond donors (Lipinski definition) is 1. The molecule has 0 unspecified atom stereocenters. The number of aromatic nitrogens is 2. The van der Waals surface area contributed by atoms with Gasteiger partial charge in [-0.15, -0.1) is 0 Å². The van der Waals surface area contributed by atoms with Gasteiger partial charge >= 0.3 is 5.97 Å². The molecular weight excluding hydrogens is 208 g/mol. The van der Waals surface area contributed by atoms with Crippen molar-refractivity contribution in [3.63, 3.8) is 0 Å². The fourth-order valence-electron chi connectivity index (χ4n) is 1.15. The molecule has 16 heavy (non-hydrogen) atoms. The summed E-state index contributed by atoms with van der Waals surface area (Å²) in [4.78, 5) is 21.1. The Hall–Kier alpha value is -1.69. The van der Waals surface area contributed by atoms with Crippen molar-refractivity contribution in [1.29, 1.82) is 0 Å². The first-order valence-corrected chi connectivity index (χ1v) is 4.96. The molecule has 0 radical (unpaired) electrons. The van der Waals surface area contributed by atoms with E-state index >= 15 is 0 Å². The molecule has 88 valence electrons. The van der Waals surface area contributed by atoms with Crippen LogP contribution in [0.1, 0.15) is 10.6 Å². The normalized spacial score (nSPS) is 9.94. The SMILES string of the molecule is CNCCN(C)c1ccnc(C(=O)OC)n1. The molecule has 0 aliphatic carbocycles. The zero-order valence-electron chi connectivity index (χ0n) is 9.73. The molecule has 0 saturated carbocycles. The molecule has 0 spiro atoms. The summed E-state index contributed by atoms with van der Waals surface area (Å²) in [5.74, 6) is 0.255.